The third-order valence-electron chi connectivity index (χ3n) is 4.73. The van der Waals surface area contributed by atoms with Crippen LogP contribution in [-0.2, 0) is 14.4 Å². The Balaban J connectivity index is 1.86. The Bertz CT molecular complexity index is 727. The van der Waals surface area contributed by atoms with Gasteiger partial charge in [0.25, 0.3) is 5.91 Å². The zero-order valence-electron chi connectivity index (χ0n) is 14.3. The first kappa shape index (κ1) is 17.8. The standard InChI is InChI=1S/C16H21N3O5S/c1-7(15(23)24)17-13(21)10-12(20)11-8-4-5-16(2,3)6-9(8)25-19(11)18-14(10)22/h7,11,18,22H,4-6H2,1-3H3,(H,17,21)(H,23,24). The monoisotopic (exact) mass is 367 g/mol. The maximum atomic E-state index is 12.9. The van der Waals surface area contributed by atoms with Gasteiger partial charge in [-0.1, -0.05) is 13.8 Å². The number of Topliss-reactive ketones (excluding diaryl/α,β-unsaturated/α-hetero) is 1. The molecular formula is C16H21N3O5S. The van der Waals surface area contributed by atoms with Gasteiger partial charge in [-0.05, 0) is 49.1 Å². The lowest BCUT2D eigenvalue weighted by molar-refractivity contribution is -0.141. The van der Waals surface area contributed by atoms with Crippen LogP contribution in [0.3, 0.4) is 0 Å². The second kappa shape index (κ2) is 6.06. The van der Waals surface area contributed by atoms with Crippen LogP contribution in [0.4, 0.5) is 0 Å². The second-order valence-corrected chi connectivity index (χ2v) is 8.41. The fourth-order valence-electron chi connectivity index (χ4n) is 3.26. The van der Waals surface area contributed by atoms with Gasteiger partial charge in [-0.15, -0.1) is 4.41 Å². The Morgan fingerprint density at radius 2 is 2.12 bits per heavy atom. The van der Waals surface area contributed by atoms with Crippen molar-refractivity contribution in [3.05, 3.63) is 21.9 Å². The van der Waals surface area contributed by atoms with E-state index in [9.17, 15) is 19.5 Å². The van der Waals surface area contributed by atoms with Gasteiger partial charge in [0, 0.05) is 4.91 Å². The van der Waals surface area contributed by atoms with Gasteiger partial charge in [0.05, 0.1) is 0 Å². The van der Waals surface area contributed by atoms with Crippen molar-refractivity contribution in [1.82, 2.24) is 15.2 Å². The first-order valence-electron chi connectivity index (χ1n) is 8.07. The summed E-state index contributed by atoms with van der Waals surface area (Å²) in [4.78, 5) is 37.2. The van der Waals surface area contributed by atoms with Crippen molar-refractivity contribution in [2.45, 2.75) is 52.1 Å². The number of hydrazine groups is 1. The summed E-state index contributed by atoms with van der Waals surface area (Å²) in [6.45, 7) is 5.64. The van der Waals surface area contributed by atoms with E-state index in [1.165, 1.54) is 18.9 Å². The summed E-state index contributed by atoms with van der Waals surface area (Å²) in [6.07, 6.45) is 2.54. The van der Waals surface area contributed by atoms with E-state index in [0.717, 1.165) is 29.7 Å². The number of ketones is 1. The number of aliphatic hydroxyl groups excluding tert-OH is 1. The highest BCUT2D eigenvalue weighted by Crippen LogP contribution is 2.51. The minimum atomic E-state index is -1.22. The third kappa shape index (κ3) is 3.13. The SMILES string of the molecule is CC(NC(=O)C1=C(O)NN2SC3=C(CCC(C)(C)C3)C2C1=O)C(=O)O. The average Bonchev–Trinajstić information content (AvgIpc) is 2.82. The molecule has 1 amide bonds. The highest BCUT2D eigenvalue weighted by Gasteiger charge is 2.48. The van der Waals surface area contributed by atoms with E-state index >= 15 is 0 Å². The van der Waals surface area contributed by atoms with Crippen LogP contribution in [-0.4, -0.2) is 44.4 Å². The van der Waals surface area contributed by atoms with Gasteiger partial charge in [-0.25, -0.2) is 0 Å². The zero-order valence-corrected chi connectivity index (χ0v) is 15.1. The number of amides is 1. The molecule has 25 heavy (non-hydrogen) atoms. The molecule has 0 aromatic carbocycles. The molecule has 1 aliphatic carbocycles. The third-order valence-corrected chi connectivity index (χ3v) is 5.86. The van der Waals surface area contributed by atoms with Crippen LogP contribution < -0.4 is 10.7 Å². The first-order valence-corrected chi connectivity index (χ1v) is 8.85. The molecular weight excluding hydrogens is 346 g/mol. The Morgan fingerprint density at radius 1 is 1.44 bits per heavy atom. The quantitative estimate of drug-likeness (QED) is 0.434. The smallest absolute Gasteiger partial charge is 0.325 e. The number of nitrogens with zero attached hydrogens (tertiary/aromatic N) is 1. The Kier molecular flexibility index (Phi) is 4.32. The van der Waals surface area contributed by atoms with Crippen LogP contribution in [0.2, 0.25) is 0 Å². The van der Waals surface area contributed by atoms with Gasteiger partial charge < -0.3 is 15.5 Å². The number of hydrogen-bond acceptors (Lipinski definition) is 7. The van der Waals surface area contributed by atoms with Crippen molar-refractivity contribution in [3.63, 3.8) is 0 Å². The van der Waals surface area contributed by atoms with Crippen LogP contribution >= 0.6 is 11.9 Å². The highest BCUT2D eigenvalue weighted by atomic mass is 32.2. The number of nitrogens with one attached hydrogen (secondary N) is 2. The summed E-state index contributed by atoms with van der Waals surface area (Å²) in [5.41, 5.74) is 3.39. The van der Waals surface area contributed by atoms with Crippen molar-refractivity contribution >= 4 is 29.6 Å². The molecule has 0 bridgehead atoms. The van der Waals surface area contributed by atoms with E-state index in [2.05, 4.69) is 24.6 Å². The predicted octanol–water partition coefficient (Wildman–Crippen LogP) is 1.23. The van der Waals surface area contributed by atoms with Crippen molar-refractivity contribution in [2.75, 3.05) is 0 Å². The van der Waals surface area contributed by atoms with E-state index in [0.29, 0.717) is 0 Å². The van der Waals surface area contributed by atoms with Gasteiger partial charge in [0.2, 0.25) is 5.88 Å². The van der Waals surface area contributed by atoms with Crippen LogP contribution in [0.1, 0.15) is 40.0 Å². The van der Waals surface area contributed by atoms with Crippen molar-refractivity contribution < 1.29 is 24.6 Å². The molecule has 2 heterocycles. The fraction of sp³-hybridized carbons (Fsp3) is 0.562. The predicted molar refractivity (Wildman–Crippen MR) is 90.9 cm³/mol. The van der Waals surface area contributed by atoms with Gasteiger partial charge in [-0.3, -0.25) is 19.8 Å². The molecule has 4 N–H and O–H groups in total. The number of hydrogen-bond donors (Lipinski definition) is 4. The van der Waals surface area contributed by atoms with E-state index < -0.39 is 41.2 Å². The maximum Gasteiger partial charge on any atom is 0.325 e. The number of aliphatic carboxylic acids is 1. The number of fused-ring (bicyclic) bond motifs is 2. The Hall–Kier alpha value is -2.00. The molecule has 136 valence electrons. The van der Waals surface area contributed by atoms with Gasteiger partial charge in [-0.2, -0.15) is 0 Å². The van der Waals surface area contributed by atoms with E-state index in [-0.39, 0.29) is 5.41 Å². The summed E-state index contributed by atoms with van der Waals surface area (Å²) >= 11 is 1.38. The average molecular weight is 367 g/mol. The normalized spacial score (nSPS) is 26.7. The zero-order chi connectivity index (χ0) is 18.5. The molecule has 0 aromatic heterocycles. The minimum absolute atomic E-state index is 0.149. The number of aliphatic hydroxyl groups is 1. The summed E-state index contributed by atoms with van der Waals surface area (Å²) in [6, 6.07) is -1.81. The second-order valence-electron chi connectivity index (χ2n) is 7.34. The van der Waals surface area contributed by atoms with Crippen molar-refractivity contribution in [1.29, 1.82) is 0 Å². The van der Waals surface area contributed by atoms with E-state index in [1.807, 2.05) is 0 Å². The van der Waals surface area contributed by atoms with Crippen molar-refractivity contribution in [3.8, 4) is 0 Å². The molecule has 2 atom stereocenters. The largest absolute Gasteiger partial charge is 0.493 e. The summed E-state index contributed by atoms with van der Waals surface area (Å²) < 4.78 is 1.57. The van der Waals surface area contributed by atoms with Crippen LogP contribution in [0, 0.1) is 5.41 Å². The van der Waals surface area contributed by atoms with Crippen LogP contribution in [0.15, 0.2) is 21.9 Å². The molecule has 2 unspecified atom stereocenters. The number of carbonyl (C=O) groups excluding carboxylic acids is 2. The molecule has 0 radical (unpaired) electrons. The lowest BCUT2D eigenvalue weighted by atomic mass is 9.76. The summed E-state index contributed by atoms with van der Waals surface area (Å²) in [7, 11) is 0. The van der Waals surface area contributed by atoms with Crippen LogP contribution in [0.25, 0.3) is 0 Å². The Labute approximate surface area is 149 Å². The number of carboxylic acids is 1. The number of carboxylic acid groups (broad SMARTS) is 1. The molecule has 3 rings (SSSR count). The fourth-order valence-corrected chi connectivity index (χ4v) is 4.74. The molecule has 8 nitrogen and oxygen atoms in total. The maximum absolute atomic E-state index is 12.9. The van der Waals surface area contributed by atoms with E-state index in [4.69, 9.17) is 5.11 Å². The number of allylic oxidation sites excluding steroid dienone is 1. The topological polar surface area (TPSA) is 119 Å². The number of carbonyl (C=O) groups is 3. The highest BCUT2D eigenvalue weighted by molar-refractivity contribution is 8.01. The van der Waals surface area contributed by atoms with Crippen LogP contribution in [0.5, 0.6) is 0 Å². The first-order chi connectivity index (χ1) is 11.6. The van der Waals surface area contributed by atoms with E-state index in [1.54, 1.807) is 4.41 Å². The molecule has 0 saturated carbocycles. The summed E-state index contributed by atoms with van der Waals surface area (Å²) in [5, 5.41) is 21.2. The van der Waals surface area contributed by atoms with Crippen molar-refractivity contribution in [2.24, 2.45) is 5.41 Å². The van der Waals surface area contributed by atoms with Gasteiger partial charge in [0.15, 0.2) is 5.78 Å². The lowest BCUT2D eigenvalue weighted by Gasteiger charge is -2.32. The molecule has 0 aromatic rings. The molecule has 9 heteroatoms. The number of rotatable bonds is 3. The molecule has 2 aliphatic heterocycles. The lowest BCUT2D eigenvalue weighted by Crippen LogP contribution is -2.52. The van der Waals surface area contributed by atoms with Gasteiger partial charge in [0.1, 0.15) is 17.7 Å². The Morgan fingerprint density at radius 3 is 2.76 bits per heavy atom. The molecule has 0 saturated heterocycles. The van der Waals surface area contributed by atoms with Gasteiger partial charge >= 0.3 is 5.97 Å². The summed E-state index contributed by atoms with van der Waals surface area (Å²) in [5.74, 6) is -3.17. The molecule has 0 fully saturated rings. The molecule has 3 aliphatic rings. The minimum Gasteiger partial charge on any atom is -0.493 e. The molecule has 0 spiro atoms.